The largest absolute Gasteiger partial charge is 0.489 e. The normalized spacial score (nSPS) is 20.9. The molecule has 0 heterocycles. The Kier molecular flexibility index (Phi) is 10.1. The molecule has 244 valence electrons. The Morgan fingerprint density at radius 1 is 0.851 bits per heavy atom. The van der Waals surface area contributed by atoms with Crippen LogP contribution in [0, 0.1) is 39.5 Å². The van der Waals surface area contributed by atoms with Crippen LogP contribution in [0.25, 0.3) is 0 Å². The van der Waals surface area contributed by atoms with Crippen LogP contribution in [0.3, 0.4) is 0 Å². The van der Waals surface area contributed by atoms with Crippen LogP contribution in [0.1, 0.15) is 52.6 Å². The van der Waals surface area contributed by atoms with Crippen molar-refractivity contribution >= 4 is 52.2 Å². The van der Waals surface area contributed by atoms with Crippen molar-refractivity contribution in [3.8, 4) is 5.75 Å². The van der Waals surface area contributed by atoms with E-state index in [1.807, 2.05) is 52.0 Å². The smallest absolute Gasteiger partial charge is 0.235 e. The molecule has 1 aliphatic carbocycles. The number of carbonyl (C=O) groups excluding carboxylic acids is 3. The van der Waals surface area contributed by atoms with Gasteiger partial charge in [0.05, 0.1) is 11.5 Å². The first-order valence-corrected chi connectivity index (χ1v) is 16.2. The highest BCUT2D eigenvalue weighted by Crippen LogP contribution is 2.47. The summed E-state index contributed by atoms with van der Waals surface area (Å²) in [4.78, 5) is 42.2. The first kappa shape index (κ1) is 34.2. The van der Waals surface area contributed by atoms with Gasteiger partial charge in [-0.3, -0.25) is 14.4 Å². The quantitative estimate of drug-likeness (QED) is 0.164. The molecule has 47 heavy (non-hydrogen) atoms. The minimum Gasteiger partial charge on any atom is -0.489 e. The number of rotatable bonds is 8. The van der Waals surface area contributed by atoms with Crippen molar-refractivity contribution in [2.45, 2.75) is 59.2 Å². The average molecular weight is 674 g/mol. The monoisotopic (exact) mass is 672 g/mol. The Bertz CT molecular complexity index is 1850. The Balaban J connectivity index is 1.56. The van der Waals surface area contributed by atoms with Gasteiger partial charge in [0.25, 0.3) is 0 Å². The molecule has 7 nitrogen and oxygen atoms in total. The van der Waals surface area contributed by atoms with Crippen LogP contribution in [0.2, 0.25) is 10.0 Å². The van der Waals surface area contributed by atoms with Gasteiger partial charge >= 0.3 is 0 Å². The molecule has 1 aliphatic rings. The van der Waals surface area contributed by atoms with Crippen LogP contribution in [-0.2, 0) is 21.0 Å². The minimum atomic E-state index is -1.76. The van der Waals surface area contributed by atoms with Gasteiger partial charge in [-0.25, -0.2) is 0 Å². The summed E-state index contributed by atoms with van der Waals surface area (Å²) >= 11 is 12.4. The van der Waals surface area contributed by atoms with E-state index in [1.165, 1.54) is 6.92 Å². The topological polar surface area (TPSA) is 105 Å². The lowest BCUT2D eigenvalue weighted by atomic mass is 9.61. The molecule has 1 fully saturated rings. The first-order chi connectivity index (χ1) is 22.3. The van der Waals surface area contributed by atoms with Crippen molar-refractivity contribution in [2.75, 3.05) is 10.6 Å². The number of halogens is 2. The number of hydrogen-bond donors (Lipinski definition) is 3. The second-order valence-electron chi connectivity index (χ2n) is 12.6. The third-order valence-electron chi connectivity index (χ3n) is 9.21. The predicted molar refractivity (Wildman–Crippen MR) is 186 cm³/mol. The lowest BCUT2D eigenvalue weighted by Crippen LogP contribution is -2.56. The number of ketones is 1. The molecule has 4 aromatic rings. The van der Waals surface area contributed by atoms with Gasteiger partial charge in [-0.15, -0.1) is 0 Å². The highest BCUT2D eigenvalue weighted by atomic mass is 35.5. The van der Waals surface area contributed by atoms with Crippen molar-refractivity contribution in [3.63, 3.8) is 0 Å². The van der Waals surface area contributed by atoms with E-state index in [1.54, 1.807) is 54.6 Å². The summed E-state index contributed by atoms with van der Waals surface area (Å²) in [5, 5.41) is 18.7. The standard InChI is InChI=1S/C38H38Cl2N2O5/c1-21-9-6-13-30(23(21)3)41-36(44)34-32(43)19-38(5,46)35(37(45)42-31-14-7-10-22(2)24(31)4)33(34)25-11-8-12-28(17-25)47-20-26-15-16-27(39)18-29(26)40/h6-18,33-35,46H,19-20H2,1-5H3,(H,41,44)(H,42,45). The number of Topliss-reactive ketones (excluding diaryl/α,β-unsaturated/α-hetero) is 1. The second-order valence-corrected chi connectivity index (χ2v) is 13.4. The van der Waals surface area contributed by atoms with E-state index in [4.69, 9.17) is 27.9 Å². The third kappa shape index (κ3) is 7.38. The highest BCUT2D eigenvalue weighted by Gasteiger charge is 2.56. The van der Waals surface area contributed by atoms with E-state index in [0.717, 1.165) is 22.3 Å². The highest BCUT2D eigenvalue weighted by molar-refractivity contribution is 6.35. The van der Waals surface area contributed by atoms with Crippen molar-refractivity contribution < 1.29 is 24.2 Å². The molecular formula is C38H38Cl2N2O5. The summed E-state index contributed by atoms with van der Waals surface area (Å²) in [6.45, 7) is 9.29. The summed E-state index contributed by atoms with van der Waals surface area (Å²) in [7, 11) is 0. The maximum Gasteiger partial charge on any atom is 0.235 e. The molecule has 5 rings (SSSR count). The molecule has 0 aliphatic heterocycles. The molecular weight excluding hydrogens is 635 g/mol. The number of anilines is 2. The van der Waals surface area contributed by atoms with E-state index in [9.17, 15) is 19.5 Å². The number of benzene rings is 4. The SMILES string of the molecule is Cc1cccc(NC(=O)C2C(=O)CC(C)(O)C(C(=O)Nc3cccc(C)c3C)C2c2cccc(OCc3ccc(Cl)cc3Cl)c2)c1C. The van der Waals surface area contributed by atoms with E-state index in [2.05, 4.69) is 10.6 Å². The van der Waals surface area contributed by atoms with E-state index >= 15 is 0 Å². The van der Waals surface area contributed by atoms with Crippen molar-refractivity contribution in [1.29, 1.82) is 0 Å². The van der Waals surface area contributed by atoms with Gasteiger partial charge in [0, 0.05) is 39.3 Å². The zero-order valence-corrected chi connectivity index (χ0v) is 28.5. The molecule has 1 saturated carbocycles. The molecule has 2 amide bonds. The van der Waals surface area contributed by atoms with Crippen molar-refractivity contribution in [2.24, 2.45) is 11.8 Å². The van der Waals surface area contributed by atoms with Crippen LogP contribution < -0.4 is 15.4 Å². The zero-order valence-electron chi connectivity index (χ0n) is 27.0. The van der Waals surface area contributed by atoms with Crippen molar-refractivity contribution in [3.05, 3.63) is 122 Å². The van der Waals surface area contributed by atoms with E-state index in [-0.39, 0.29) is 13.0 Å². The van der Waals surface area contributed by atoms with Crippen LogP contribution in [0.4, 0.5) is 11.4 Å². The average Bonchev–Trinajstić information content (AvgIpc) is 3.00. The van der Waals surface area contributed by atoms with Gasteiger partial charge in [0.2, 0.25) is 11.8 Å². The molecule has 3 N–H and O–H groups in total. The molecule has 0 radical (unpaired) electrons. The van der Waals surface area contributed by atoms with Gasteiger partial charge in [0.1, 0.15) is 24.1 Å². The summed E-state index contributed by atoms with van der Waals surface area (Å²) < 4.78 is 6.09. The number of nitrogens with one attached hydrogen (secondary N) is 2. The number of carbonyl (C=O) groups is 3. The summed E-state index contributed by atoms with van der Waals surface area (Å²) in [6, 6.07) is 23.2. The lowest BCUT2D eigenvalue weighted by molar-refractivity contribution is -0.150. The van der Waals surface area contributed by atoms with E-state index < -0.39 is 41.0 Å². The predicted octanol–water partition coefficient (Wildman–Crippen LogP) is 8.12. The minimum absolute atomic E-state index is 0.133. The van der Waals surface area contributed by atoms with Gasteiger partial charge < -0.3 is 20.5 Å². The maximum absolute atomic E-state index is 14.3. The molecule has 0 spiro atoms. The molecule has 4 aromatic carbocycles. The Labute approximate surface area is 285 Å². The number of hydrogen-bond acceptors (Lipinski definition) is 5. The molecule has 4 unspecified atom stereocenters. The first-order valence-electron chi connectivity index (χ1n) is 15.4. The fourth-order valence-electron chi connectivity index (χ4n) is 6.30. The molecule has 0 bridgehead atoms. The number of aliphatic hydroxyl groups is 1. The fraction of sp³-hybridized carbons (Fsp3) is 0.289. The van der Waals surface area contributed by atoms with Crippen molar-refractivity contribution in [1.82, 2.24) is 0 Å². The van der Waals surface area contributed by atoms with Crippen LogP contribution in [0.15, 0.2) is 78.9 Å². The Morgan fingerprint density at radius 2 is 1.45 bits per heavy atom. The third-order valence-corrected chi connectivity index (χ3v) is 9.80. The molecule has 0 saturated heterocycles. The summed E-state index contributed by atoms with van der Waals surface area (Å²) in [5.41, 5.74) is 4.34. The fourth-order valence-corrected chi connectivity index (χ4v) is 6.76. The zero-order chi connectivity index (χ0) is 34.0. The van der Waals surface area contributed by atoms with Gasteiger partial charge in [-0.2, -0.15) is 0 Å². The molecule has 0 aromatic heterocycles. The van der Waals surface area contributed by atoms with Gasteiger partial charge in [0.15, 0.2) is 0 Å². The number of ether oxygens (including phenoxy) is 1. The number of amides is 2. The molecule has 9 heteroatoms. The maximum atomic E-state index is 14.3. The van der Waals surface area contributed by atoms with Crippen LogP contribution >= 0.6 is 23.2 Å². The van der Waals surface area contributed by atoms with Crippen LogP contribution in [-0.4, -0.2) is 28.3 Å². The van der Waals surface area contributed by atoms with Crippen LogP contribution in [0.5, 0.6) is 5.75 Å². The molecule has 4 atom stereocenters. The summed E-state index contributed by atoms with van der Waals surface area (Å²) in [6.07, 6.45) is -0.371. The van der Waals surface area contributed by atoms with E-state index in [0.29, 0.717) is 38.3 Å². The van der Waals surface area contributed by atoms with Gasteiger partial charge in [-0.1, -0.05) is 65.7 Å². The number of aryl methyl sites for hydroxylation is 2. The lowest BCUT2D eigenvalue weighted by Gasteiger charge is -2.44. The second kappa shape index (κ2) is 13.9. The Hall–Kier alpha value is -4.17. The summed E-state index contributed by atoms with van der Waals surface area (Å²) in [5.74, 6) is -4.53. The van der Waals surface area contributed by atoms with Gasteiger partial charge in [-0.05, 0) is 98.8 Å². The Morgan fingerprint density at radius 3 is 2.06 bits per heavy atom.